The zero-order valence-electron chi connectivity index (χ0n) is 12.3. The lowest BCUT2D eigenvalue weighted by atomic mass is 9.79. The van der Waals surface area contributed by atoms with E-state index < -0.39 is 0 Å². The molecule has 0 atom stereocenters. The number of aliphatic hydroxyl groups is 1. The van der Waals surface area contributed by atoms with Gasteiger partial charge in [0.25, 0.3) is 0 Å². The molecule has 1 saturated carbocycles. The Balaban J connectivity index is 1.82. The fourth-order valence-corrected chi connectivity index (χ4v) is 3.69. The van der Waals surface area contributed by atoms with E-state index in [-0.39, 0.29) is 6.61 Å². The van der Waals surface area contributed by atoms with Crippen molar-refractivity contribution in [1.82, 2.24) is 9.80 Å². The minimum absolute atomic E-state index is 0.284. The topological polar surface area (TPSA) is 52.7 Å². The summed E-state index contributed by atoms with van der Waals surface area (Å²) < 4.78 is 0. The van der Waals surface area contributed by atoms with E-state index in [2.05, 4.69) is 9.80 Å². The molecule has 2 fully saturated rings. The van der Waals surface area contributed by atoms with Crippen molar-refractivity contribution in [2.45, 2.75) is 38.5 Å². The second kappa shape index (κ2) is 7.58. The van der Waals surface area contributed by atoms with Gasteiger partial charge in [0, 0.05) is 39.3 Å². The van der Waals surface area contributed by atoms with Crippen LogP contribution in [-0.4, -0.2) is 67.3 Å². The van der Waals surface area contributed by atoms with Gasteiger partial charge in [0.2, 0.25) is 0 Å². The highest BCUT2D eigenvalue weighted by atomic mass is 16.3. The Bertz CT molecular complexity index is 244. The van der Waals surface area contributed by atoms with Crippen LogP contribution in [0.25, 0.3) is 0 Å². The molecular weight excluding hydrogens is 238 g/mol. The van der Waals surface area contributed by atoms with Crippen molar-refractivity contribution < 1.29 is 5.11 Å². The normalized spacial score (nSPS) is 26.2. The Morgan fingerprint density at radius 3 is 2.00 bits per heavy atom. The van der Waals surface area contributed by atoms with Gasteiger partial charge in [0.15, 0.2) is 0 Å². The number of piperazine rings is 1. The maximum absolute atomic E-state index is 8.98. The summed E-state index contributed by atoms with van der Waals surface area (Å²) in [5.41, 5.74) is 6.51. The Labute approximate surface area is 117 Å². The van der Waals surface area contributed by atoms with Crippen LogP contribution in [0.1, 0.15) is 38.5 Å². The van der Waals surface area contributed by atoms with Gasteiger partial charge in [-0.3, -0.25) is 4.90 Å². The molecule has 0 amide bonds. The van der Waals surface area contributed by atoms with E-state index in [9.17, 15) is 0 Å². The van der Waals surface area contributed by atoms with Crippen molar-refractivity contribution in [2.75, 3.05) is 52.4 Å². The van der Waals surface area contributed by atoms with Gasteiger partial charge >= 0.3 is 0 Å². The standard InChI is InChI=1S/C15H31N3O/c16-13-15(5-3-1-2-4-6-15)14-18-9-7-17(8-10-18)11-12-19/h19H,1-14,16H2. The molecule has 1 aliphatic heterocycles. The number of rotatable bonds is 5. The Hall–Kier alpha value is -0.160. The smallest absolute Gasteiger partial charge is 0.0558 e. The molecule has 0 aromatic rings. The number of hydrogen-bond acceptors (Lipinski definition) is 4. The summed E-state index contributed by atoms with van der Waals surface area (Å²) in [5.74, 6) is 0. The van der Waals surface area contributed by atoms with Gasteiger partial charge in [-0.1, -0.05) is 25.7 Å². The van der Waals surface area contributed by atoms with Gasteiger partial charge in [-0.05, 0) is 24.8 Å². The SMILES string of the molecule is NCC1(CN2CCN(CCO)CC2)CCCCCC1. The molecule has 2 aliphatic rings. The van der Waals surface area contributed by atoms with Crippen LogP contribution in [0.5, 0.6) is 0 Å². The first-order chi connectivity index (χ1) is 9.28. The number of nitrogens with zero attached hydrogens (tertiary/aromatic N) is 2. The third-order valence-electron chi connectivity index (χ3n) is 5.04. The van der Waals surface area contributed by atoms with E-state index in [1.807, 2.05) is 0 Å². The Morgan fingerprint density at radius 1 is 0.895 bits per heavy atom. The number of hydrogen-bond donors (Lipinski definition) is 2. The maximum Gasteiger partial charge on any atom is 0.0558 e. The Kier molecular flexibility index (Phi) is 6.07. The molecule has 0 unspecified atom stereocenters. The number of aliphatic hydroxyl groups excluding tert-OH is 1. The molecule has 19 heavy (non-hydrogen) atoms. The minimum atomic E-state index is 0.284. The highest BCUT2D eigenvalue weighted by molar-refractivity contribution is 4.87. The summed E-state index contributed by atoms with van der Waals surface area (Å²) in [4.78, 5) is 4.96. The predicted octanol–water partition coefficient (Wildman–Crippen LogP) is 0.896. The molecule has 2 rings (SSSR count). The third kappa shape index (κ3) is 4.42. The summed E-state index contributed by atoms with van der Waals surface area (Å²) >= 11 is 0. The van der Waals surface area contributed by atoms with Crippen LogP contribution in [0.15, 0.2) is 0 Å². The van der Waals surface area contributed by atoms with Crippen LogP contribution in [0.3, 0.4) is 0 Å². The summed E-state index contributed by atoms with van der Waals surface area (Å²) in [6, 6.07) is 0. The summed E-state index contributed by atoms with van der Waals surface area (Å²) in [6.07, 6.45) is 8.15. The lowest BCUT2D eigenvalue weighted by molar-refractivity contribution is 0.0708. The third-order valence-corrected chi connectivity index (χ3v) is 5.04. The molecule has 0 bridgehead atoms. The molecule has 4 nitrogen and oxygen atoms in total. The molecule has 0 radical (unpaired) electrons. The first-order valence-electron chi connectivity index (χ1n) is 8.04. The fraction of sp³-hybridized carbons (Fsp3) is 1.00. The highest BCUT2D eigenvalue weighted by Crippen LogP contribution is 2.35. The van der Waals surface area contributed by atoms with Crippen LogP contribution in [0.4, 0.5) is 0 Å². The zero-order chi connectivity index (χ0) is 13.6. The average Bonchev–Trinajstić information content (AvgIpc) is 2.68. The van der Waals surface area contributed by atoms with Crippen molar-refractivity contribution in [1.29, 1.82) is 0 Å². The van der Waals surface area contributed by atoms with E-state index in [0.29, 0.717) is 5.41 Å². The average molecular weight is 269 g/mol. The minimum Gasteiger partial charge on any atom is -0.395 e. The Morgan fingerprint density at radius 2 is 1.47 bits per heavy atom. The van der Waals surface area contributed by atoms with E-state index in [1.54, 1.807) is 0 Å². The molecule has 1 heterocycles. The lowest BCUT2D eigenvalue weighted by Crippen LogP contribution is -2.51. The second-order valence-electron chi connectivity index (χ2n) is 6.46. The van der Waals surface area contributed by atoms with Gasteiger partial charge in [0.1, 0.15) is 0 Å². The van der Waals surface area contributed by atoms with Crippen molar-refractivity contribution >= 4 is 0 Å². The highest BCUT2D eigenvalue weighted by Gasteiger charge is 2.32. The summed E-state index contributed by atoms with van der Waals surface area (Å²) in [6.45, 7) is 7.63. The van der Waals surface area contributed by atoms with Crippen LogP contribution in [-0.2, 0) is 0 Å². The van der Waals surface area contributed by atoms with Gasteiger partial charge in [-0.2, -0.15) is 0 Å². The van der Waals surface area contributed by atoms with Gasteiger partial charge in [-0.15, -0.1) is 0 Å². The fourth-order valence-electron chi connectivity index (χ4n) is 3.69. The van der Waals surface area contributed by atoms with E-state index in [4.69, 9.17) is 10.8 Å². The van der Waals surface area contributed by atoms with Crippen molar-refractivity contribution in [3.8, 4) is 0 Å². The molecule has 3 N–H and O–H groups in total. The predicted molar refractivity (Wildman–Crippen MR) is 79.2 cm³/mol. The van der Waals surface area contributed by atoms with Crippen molar-refractivity contribution in [2.24, 2.45) is 11.1 Å². The van der Waals surface area contributed by atoms with Gasteiger partial charge in [-0.25, -0.2) is 0 Å². The molecule has 0 spiro atoms. The first kappa shape index (κ1) is 15.2. The lowest BCUT2D eigenvalue weighted by Gasteiger charge is -2.41. The summed E-state index contributed by atoms with van der Waals surface area (Å²) in [7, 11) is 0. The summed E-state index contributed by atoms with van der Waals surface area (Å²) in [5, 5.41) is 8.98. The molecule has 0 aromatic heterocycles. The number of nitrogens with two attached hydrogens (primary N) is 1. The van der Waals surface area contributed by atoms with Gasteiger partial charge < -0.3 is 15.7 Å². The van der Waals surface area contributed by atoms with E-state index >= 15 is 0 Å². The van der Waals surface area contributed by atoms with Gasteiger partial charge in [0.05, 0.1) is 6.61 Å². The quantitative estimate of drug-likeness (QED) is 0.728. The molecule has 4 heteroatoms. The van der Waals surface area contributed by atoms with E-state index in [0.717, 1.165) is 39.3 Å². The van der Waals surface area contributed by atoms with Crippen LogP contribution in [0, 0.1) is 5.41 Å². The molecular formula is C15H31N3O. The molecule has 112 valence electrons. The van der Waals surface area contributed by atoms with Crippen LogP contribution in [0.2, 0.25) is 0 Å². The maximum atomic E-state index is 8.98. The van der Waals surface area contributed by atoms with E-state index in [1.165, 1.54) is 45.1 Å². The van der Waals surface area contributed by atoms with Crippen LogP contribution >= 0.6 is 0 Å². The largest absolute Gasteiger partial charge is 0.395 e. The molecule has 1 aliphatic carbocycles. The molecule has 1 saturated heterocycles. The monoisotopic (exact) mass is 269 g/mol. The van der Waals surface area contributed by atoms with Crippen LogP contribution < -0.4 is 5.73 Å². The number of β-amino-alcohol motifs (C(OH)–C–C–N with tert-alkyl or cyclic N) is 1. The van der Waals surface area contributed by atoms with Crippen molar-refractivity contribution in [3.05, 3.63) is 0 Å². The first-order valence-corrected chi connectivity index (χ1v) is 8.04. The zero-order valence-corrected chi connectivity index (χ0v) is 12.3. The van der Waals surface area contributed by atoms with Crippen molar-refractivity contribution in [3.63, 3.8) is 0 Å². The molecule has 0 aromatic carbocycles. The second-order valence-corrected chi connectivity index (χ2v) is 6.46.